The van der Waals surface area contributed by atoms with E-state index in [1.54, 1.807) is 17.2 Å². The lowest BCUT2D eigenvalue weighted by Crippen LogP contribution is -2.29. The highest BCUT2D eigenvalue weighted by Gasteiger charge is 2.12. The molecule has 1 aromatic heterocycles. The summed E-state index contributed by atoms with van der Waals surface area (Å²) in [4.78, 5) is 12.7. The van der Waals surface area contributed by atoms with E-state index in [0.717, 1.165) is 17.0 Å². The van der Waals surface area contributed by atoms with Crippen molar-refractivity contribution in [2.45, 2.75) is 13.5 Å². The first-order chi connectivity index (χ1) is 8.65. The Morgan fingerprint density at radius 2 is 2.17 bits per heavy atom. The summed E-state index contributed by atoms with van der Waals surface area (Å²) in [5.74, 6) is -0.110. The van der Waals surface area contributed by atoms with Crippen molar-refractivity contribution in [2.24, 2.45) is 0 Å². The lowest BCUT2D eigenvalue weighted by molar-refractivity contribution is -0.135. The molecular formula is C14H15NO3. The second-order valence-corrected chi connectivity index (χ2v) is 4.17. The molecule has 1 N–H and O–H groups in total. The lowest BCUT2D eigenvalue weighted by atomic mass is 10.2. The molecule has 0 atom stereocenters. The maximum absolute atomic E-state index is 10.9. The summed E-state index contributed by atoms with van der Waals surface area (Å²) in [5, 5.41) is 8.97. The summed E-state index contributed by atoms with van der Waals surface area (Å²) in [6, 6.07) is 11.4. The van der Waals surface area contributed by atoms with Gasteiger partial charge < -0.3 is 14.4 Å². The second-order valence-electron chi connectivity index (χ2n) is 4.17. The van der Waals surface area contributed by atoms with Crippen LogP contribution in [0.3, 0.4) is 0 Å². The van der Waals surface area contributed by atoms with Crippen molar-refractivity contribution in [3.63, 3.8) is 0 Å². The number of carbonyl (C=O) groups is 1. The van der Waals surface area contributed by atoms with E-state index in [4.69, 9.17) is 9.52 Å². The third kappa shape index (κ3) is 3.13. The van der Waals surface area contributed by atoms with E-state index in [0.29, 0.717) is 6.54 Å². The molecule has 1 aromatic carbocycles. The molecule has 0 radical (unpaired) electrons. The Labute approximate surface area is 105 Å². The Hall–Kier alpha value is -2.23. The third-order valence-corrected chi connectivity index (χ3v) is 2.62. The topological polar surface area (TPSA) is 53.7 Å². The summed E-state index contributed by atoms with van der Waals surface area (Å²) in [5.41, 5.74) is 1.98. The molecule has 18 heavy (non-hydrogen) atoms. The molecule has 0 fully saturated rings. The highest BCUT2D eigenvalue weighted by Crippen LogP contribution is 2.18. The van der Waals surface area contributed by atoms with Crippen LogP contribution < -0.4 is 4.90 Å². The van der Waals surface area contributed by atoms with Crippen LogP contribution in [-0.4, -0.2) is 17.6 Å². The zero-order valence-electron chi connectivity index (χ0n) is 10.2. The molecule has 0 aliphatic heterocycles. The average Bonchev–Trinajstić information content (AvgIpc) is 2.80. The molecule has 0 unspecified atom stereocenters. The zero-order chi connectivity index (χ0) is 13.0. The van der Waals surface area contributed by atoms with Gasteiger partial charge in [-0.15, -0.1) is 0 Å². The van der Waals surface area contributed by atoms with Crippen molar-refractivity contribution in [3.8, 4) is 0 Å². The maximum Gasteiger partial charge on any atom is 0.323 e. The average molecular weight is 245 g/mol. The van der Waals surface area contributed by atoms with Crippen LogP contribution in [0.2, 0.25) is 0 Å². The van der Waals surface area contributed by atoms with E-state index in [1.165, 1.54) is 0 Å². The molecule has 0 saturated heterocycles. The number of carboxylic acid groups (broad SMARTS) is 1. The first-order valence-corrected chi connectivity index (χ1v) is 5.71. The predicted octanol–water partition coefficient (Wildman–Crippen LogP) is 2.68. The minimum atomic E-state index is -0.858. The fourth-order valence-electron chi connectivity index (χ4n) is 1.82. The van der Waals surface area contributed by atoms with Crippen LogP contribution in [0.4, 0.5) is 5.69 Å². The van der Waals surface area contributed by atoms with Crippen molar-refractivity contribution < 1.29 is 14.3 Å². The Balaban J connectivity index is 2.21. The molecule has 0 aliphatic carbocycles. The van der Waals surface area contributed by atoms with Gasteiger partial charge in [-0.3, -0.25) is 4.79 Å². The van der Waals surface area contributed by atoms with Crippen molar-refractivity contribution in [3.05, 3.63) is 54.0 Å². The van der Waals surface area contributed by atoms with Crippen molar-refractivity contribution in [2.75, 3.05) is 11.4 Å². The van der Waals surface area contributed by atoms with Gasteiger partial charge in [-0.05, 0) is 36.8 Å². The number of anilines is 1. The molecule has 0 spiro atoms. The SMILES string of the molecule is Cc1cccc(N(CC(=O)O)Cc2ccco2)c1. The quantitative estimate of drug-likeness (QED) is 0.879. The molecule has 0 amide bonds. The van der Waals surface area contributed by atoms with Crippen LogP contribution in [0, 0.1) is 6.92 Å². The van der Waals surface area contributed by atoms with E-state index < -0.39 is 5.97 Å². The van der Waals surface area contributed by atoms with Crippen LogP contribution >= 0.6 is 0 Å². The predicted molar refractivity (Wildman–Crippen MR) is 68.6 cm³/mol. The van der Waals surface area contributed by atoms with Crippen LogP contribution in [0.15, 0.2) is 47.1 Å². The van der Waals surface area contributed by atoms with Crippen LogP contribution in [0.1, 0.15) is 11.3 Å². The van der Waals surface area contributed by atoms with Gasteiger partial charge in [-0.2, -0.15) is 0 Å². The number of carboxylic acids is 1. The number of hydrogen-bond donors (Lipinski definition) is 1. The molecule has 0 saturated carbocycles. The molecule has 2 rings (SSSR count). The molecule has 94 valence electrons. The molecule has 0 bridgehead atoms. The summed E-state index contributed by atoms with van der Waals surface area (Å²) < 4.78 is 5.26. The number of benzene rings is 1. The van der Waals surface area contributed by atoms with Gasteiger partial charge >= 0.3 is 5.97 Å². The number of nitrogens with zero attached hydrogens (tertiary/aromatic N) is 1. The van der Waals surface area contributed by atoms with Gasteiger partial charge in [0.15, 0.2) is 0 Å². The van der Waals surface area contributed by atoms with E-state index >= 15 is 0 Å². The summed E-state index contributed by atoms with van der Waals surface area (Å²) in [6.45, 7) is 2.38. The second kappa shape index (κ2) is 5.40. The summed E-state index contributed by atoms with van der Waals surface area (Å²) in [6.07, 6.45) is 1.59. The Kier molecular flexibility index (Phi) is 3.67. The highest BCUT2D eigenvalue weighted by molar-refractivity contribution is 5.73. The molecule has 2 aromatic rings. The van der Waals surface area contributed by atoms with Gasteiger partial charge in [-0.1, -0.05) is 12.1 Å². The first kappa shape index (κ1) is 12.2. The number of hydrogen-bond acceptors (Lipinski definition) is 3. The summed E-state index contributed by atoms with van der Waals surface area (Å²) >= 11 is 0. The van der Waals surface area contributed by atoms with Crippen molar-refractivity contribution >= 4 is 11.7 Å². The van der Waals surface area contributed by atoms with Crippen molar-refractivity contribution in [1.82, 2.24) is 0 Å². The van der Waals surface area contributed by atoms with Gasteiger partial charge in [0.05, 0.1) is 12.8 Å². The van der Waals surface area contributed by atoms with E-state index in [-0.39, 0.29) is 6.54 Å². The molecule has 0 aliphatic rings. The number of furan rings is 1. The normalized spacial score (nSPS) is 10.3. The molecule has 4 heteroatoms. The standard InChI is InChI=1S/C14H15NO3/c1-11-4-2-5-12(8-11)15(10-14(16)17)9-13-6-3-7-18-13/h2-8H,9-10H2,1H3,(H,16,17). The van der Waals surface area contributed by atoms with Crippen LogP contribution in [-0.2, 0) is 11.3 Å². The zero-order valence-corrected chi connectivity index (χ0v) is 10.2. The third-order valence-electron chi connectivity index (χ3n) is 2.62. The first-order valence-electron chi connectivity index (χ1n) is 5.71. The maximum atomic E-state index is 10.9. The highest BCUT2D eigenvalue weighted by atomic mass is 16.4. The van der Waals surface area contributed by atoms with E-state index in [9.17, 15) is 4.79 Å². The molecule has 1 heterocycles. The molecule has 4 nitrogen and oxygen atoms in total. The largest absolute Gasteiger partial charge is 0.480 e. The van der Waals surface area contributed by atoms with E-state index in [2.05, 4.69) is 0 Å². The fourth-order valence-corrected chi connectivity index (χ4v) is 1.82. The Bertz CT molecular complexity index is 520. The smallest absolute Gasteiger partial charge is 0.323 e. The van der Waals surface area contributed by atoms with Gasteiger partial charge in [-0.25, -0.2) is 0 Å². The monoisotopic (exact) mass is 245 g/mol. The number of rotatable bonds is 5. The van der Waals surface area contributed by atoms with Gasteiger partial charge in [0.2, 0.25) is 0 Å². The van der Waals surface area contributed by atoms with Crippen molar-refractivity contribution in [1.29, 1.82) is 0 Å². The van der Waals surface area contributed by atoms with Gasteiger partial charge in [0.1, 0.15) is 12.3 Å². The van der Waals surface area contributed by atoms with E-state index in [1.807, 2.05) is 37.3 Å². The van der Waals surface area contributed by atoms with Crippen LogP contribution in [0.25, 0.3) is 0 Å². The minimum absolute atomic E-state index is 0.0514. The number of aliphatic carboxylic acids is 1. The lowest BCUT2D eigenvalue weighted by Gasteiger charge is -2.22. The van der Waals surface area contributed by atoms with Crippen LogP contribution in [0.5, 0.6) is 0 Å². The minimum Gasteiger partial charge on any atom is -0.480 e. The number of aryl methyl sites for hydroxylation is 1. The van der Waals surface area contributed by atoms with Gasteiger partial charge in [0.25, 0.3) is 0 Å². The Morgan fingerprint density at radius 3 is 2.78 bits per heavy atom. The molecular weight excluding hydrogens is 230 g/mol. The van der Waals surface area contributed by atoms with Gasteiger partial charge in [0, 0.05) is 5.69 Å². The Morgan fingerprint density at radius 1 is 1.33 bits per heavy atom. The fraction of sp³-hybridized carbons (Fsp3) is 0.214. The summed E-state index contributed by atoms with van der Waals surface area (Å²) in [7, 11) is 0.